The van der Waals surface area contributed by atoms with E-state index in [2.05, 4.69) is 10.0 Å². The summed E-state index contributed by atoms with van der Waals surface area (Å²) in [6, 6.07) is 11.5. The third-order valence-corrected chi connectivity index (χ3v) is 6.12. The standard InChI is InChI=1S/C19H23N3O4S2/c1-13-3-9-16(10-4-13)28(25,26)22-17(11-12-27-2)19(24)21-15-7-5-14(6-8-15)18(20)23/h3-10,17,22H,11-12H2,1-2H3,(H2,20,23)(H,21,24). The Morgan fingerprint density at radius 2 is 1.68 bits per heavy atom. The molecule has 28 heavy (non-hydrogen) atoms. The second-order valence-electron chi connectivity index (χ2n) is 6.20. The number of rotatable bonds is 9. The van der Waals surface area contributed by atoms with Crippen LogP contribution < -0.4 is 15.8 Å². The summed E-state index contributed by atoms with van der Waals surface area (Å²) in [6.07, 6.45) is 2.21. The largest absolute Gasteiger partial charge is 0.366 e. The molecule has 1 atom stereocenters. The summed E-state index contributed by atoms with van der Waals surface area (Å²) in [5.74, 6) is -0.437. The maximum Gasteiger partial charge on any atom is 0.248 e. The molecule has 0 saturated heterocycles. The van der Waals surface area contributed by atoms with Crippen molar-refractivity contribution in [1.82, 2.24) is 4.72 Å². The molecule has 0 aliphatic carbocycles. The number of anilines is 1. The van der Waals surface area contributed by atoms with Gasteiger partial charge in [0.05, 0.1) is 4.90 Å². The average molecular weight is 422 g/mol. The summed E-state index contributed by atoms with van der Waals surface area (Å²) in [5, 5.41) is 2.67. The topological polar surface area (TPSA) is 118 Å². The van der Waals surface area contributed by atoms with Crippen molar-refractivity contribution in [2.75, 3.05) is 17.3 Å². The highest BCUT2D eigenvalue weighted by Crippen LogP contribution is 2.14. The van der Waals surface area contributed by atoms with Crippen LogP contribution in [0.4, 0.5) is 5.69 Å². The molecule has 0 bridgehead atoms. The predicted molar refractivity (Wildman–Crippen MR) is 112 cm³/mol. The van der Waals surface area contributed by atoms with E-state index in [4.69, 9.17) is 5.73 Å². The highest BCUT2D eigenvalue weighted by atomic mass is 32.2. The van der Waals surface area contributed by atoms with Crippen LogP contribution in [0.2, 0.25) is 0 Å². The highest BCUT2D eigenvalue weighted by molar-refractivity contribution is 7.98. The smallest absolute Gasteiger partial charge is 0.248 e. The summed E-state index contributed by atoms with van der Waals surface area (Å²) in [7, 11) is -3.84. The summed E-state index contributed by atoms with van der Waals surface area (Å²) >= 11 is 1.52. The molecule has 2 amide bonds. The van der Waals surface area contributed by atoms with Gasteiger partial charge in [-0.25, -0.2) is 8.42 Å². The molecule has 150 valence electrons. The minimum absolute atomic E-state index is 0.103. The van der Waals surface area contributed by atoms with Crippen molar-refractivity contribution in [3.63, 3.8) is 0 Å². The van der Waals surface area contributed by atoms with Gasteiger partial charge in [0.25, 0.3) is 0 Å². The number of hydrogen-bond acceptors (Lipinski definition) is 5. The molecular formula is C19H23N3O4S2. The van der Waals surface area contributed by atoms with Gasteiger partial charge in [-0.1, -0.05) is 17.7 Å². The van der Waals surface area contributed by atoms with Crippen LogP contribution >= 0.6 is 11.8 Å². The Bertz CT molecular complexity index is 927. The van der Waals surface area contributed by atoms with Gasteiger partial charge < -0.3 is 11.1 Å². The van der Waals surface area contributed by atoms with Gasteiger partial charge in [0.15, 0.2) is 0 Å². The number of nitrogens with one attached hydrogen (secondary N) is 2. The van der Waals surface area contributed by atoms with Gasteiger partial charge in [-0.15, -0.1) is 0 Å². The van der Waals surface area contributed by atoms with E-state index in [0.717, 1.165) is 5.56 Å². The number of benzene rings is 2. The van der Waals surface area contributed by atoms with Crippen LogP contribution in [0.1, 0.15) is 22.3 Å². The van der Waals surface area contributed by atoms with E-state index in [1.54, 1.807) is 12.1 Å². The molecule has 0 aliphatic heterocycles. The zero-order chi connectivity index (χ0) is 20.7. The Hall–Kier alpha value is -2.36. The van der Waals surface area contributed by atoms with Crippen LogP contribution in [0.25, 0.3) is 0 Å². The minimum atomic E-state index is -3.84. The maximum absolute atomic E-state index is 12.7. The van der Waals surface area contributed by atoms with E-state index in [9.17, 15) is 18.0 Å². The molecule has 0 saturated carbocycles. The van der Waals surface area contributed by atoms with Crippen LogP contribution in [0, 0.1) is 6.92 Å². The number of carbonyl (C=O) groups is 2. The lowest BCUT2D eigenvalue weighted by Crippen LogP contribution is -2.44. The molecule has 0 heterocycles. The number of primary amides is 1. The van der Waals surface area contributed by atoms with Crippen molar-refractivity contribution in [2.45, 2.75) is 24.3 Å². The number of hydrogen-bond donors (Lipinski definition) is 3. The predicted octanol–water partition coefficient (Wildman–Crippen LogP) is 2.13. The first-order valence-corrected chi connectivity index (χ1v) is 11.4. The molecule has 2 rings (SSSR count). The molecule has 0 radical (unpaired) electrons. The van der Waals surface area contributed by atoms with Gasteiger partial charge in [-0.2, -0.15) is 16.5 Å². The molecule has 4 N–H and O–H groups in total. The van der Waals surface area contributed by atoms with E-state index in [-0.39, 0.29) is 4.90 Å². The van der Waals surface area contributed by atoms with Gasteiger partial charge >= 0.3 is 0 Å². The van der Waals surface area contributed by atoms with Crippen molar-refractivity contribution in [1.29, 1.82) is 0 Å². The first-order chi connectivity index (χ1) is 13.2. The SMILES string of the molecule is CSCCC(NS(=O)(=O)c1ccc(C)cc1)C(=O)Nc1ccc(C(N)=O)cc1. The van der Waals surface area contributed by atoms with E-state index in [1.807, 2.05) is 13.2 Å². The lowest BCUT2D eigenvalue weighted by atomic mass is 10.2. The number of sulfonamides is 1. The van der Waals surface area contributed by atoms with Gasteiger partial charge in [-0.3, -0.25) is 9.59 Å². The maximum atomic E-state index is 12.7. The second kappa shape index (κ2) is 9.72. The number of thioether (sulfide) groups is 1. The Morgan fingerprint density at radius 3 is 2.21 bits per heavy atom. The van der Waals surface area contributed by atoms with E-state index < -0.39 is 27.9 Å². The Morgan fingerprint density at radius 1 is 1.07 bits per heavy atom. The quantitative estimate of drug-likeness (QED) is 0.573. The monoisotopic (exact) mass is 421 g/mol. The average Bonchev–Trinajstić information content (AvgIpc) is 2.65. The molecule has 2 aromatic rings. The fourth-order valence-electron chi connectivity index (χ4n) is 2.40. The second-order valence-corrected chi connectivity index (χ2v) is 8.90. The van der Waals surface area contributed by atoms with E-state index in [1.165, 1.54) is 48.2 Å². The molecule has 0 aromatic heterocycles. The number of aryl methyl sites for hydroxylation is 1. The van der Waals surface area contributed by atoms with Crippen LogP contribution in [0.3, 0.4) is 0 Å². The first-order valence-electron chi connectivity index (χ1n) is 8.51. The van der Waals surface area contributed by atoms with Crippen molar-refractivity contribution in [3.8, 4) is 0 Å². The highest BCUT2D eigenvalue weighted by Gasteiger charge is 2.25. The van der Waals surface area contributed by atoms with Gasteiger partial charge in [0, 0.05) is 11.3 Å². The van der Waals surface area contributed by atoms with Crippen molar-refractivity contribution in [3.05, 3.63) is 59.7 Å². The summed E-state index contributed by atoms with van der Waals surface area (Å²) in [5.41, 5.74) is 6.90. The number of nitrogens with two attached hydrogens (primary N) is 1. The summed E-state index contributed by atoms with van der Waals surface area (Å²) in [4.78, 5) is 23.9. The molecule has 0 spiro atoms. The fraction of sp³-hybridized carbons (Fsp3) is 0.263. The zero-order valence-corrected chi connectivity index (χ0v) is 17.3. The van der Waals surface area contributed by atoms with E-state index >= 15 is 0 Å². The molecule has 7 nitrogen and oxygen atoms in total. The summed E-state index contributed by atoms with van der Waals surface area (Å²) < 4.78 is 27.8. The van der Waals surface area contributed by atoms with Crippen molar-refractivity contribution in [2.24, 2.45) is 5.73 Å². The first kappa shape index (κ1) is 21.9. The Kier molecular flexibility index (Phi) is 7.61. The molecule has 1 unspecified atom stereocenters. The third-order valence-electron chi connectivity index (χ3n) is 3.99. The van der Waals surface area contributed by atoms with Crippen molar-refractivity contribution < 1.29 is 18.0 Å². The number of amides is 2. The Labute approximate surface area is 169 Å². The normalized spacial score (nSPS) is 12.4. The lowest BCUT2D eigenvalue weighted by Gasteiger charge is -2.18. The Balaban J connectivity index is 2.16. The fourth-order valence-corrected chi connectivity index (χ4v) is 4.10. The molecule has 0 fully saturated rings. The minimum Gasteiger partial charge on any atom is -0.366 e. The van der Waals surface area contributed by atoms with Crippen LogP contribution in [-0.4, -0.2) is 38.3 Å². The molecular weight excluding hydrogens is 398 g/mol. The molecule has 0 aliphatic rings. The van der Waals surface area contributed by atoms with Crippen LogP contribution in [0.5, 0.6) is 0 Å². The van der Waals surface area contributed by atoms with E-state index in [0.29, 0.717) is 23.4 Å². The van der Waals surface area contributed by atoms with Crippen molar-refractivity contribution >= 4 is 39.3 Å². The van der Waals surface area contributed by atoms with Gasteiger partial charge in [-0.05, 0) is 61.8 Å². The lowest BCUT2D eigenvalue weighted by molar-refractivity contribution is -0.117. The molecule has 9 heteroatoms. The van der Waals surface area contributed by atoms with Gasteiger partial charge in [0.2, 0.25) is 21.8 Å². The molecule has 2 aromatic carbocycles. The third kappa shape index (κ3) is 6.08. The number of carbonyl (C=O) groups excluding carboxylic acids is 2. The van der Waals surface area contributed by atoms with Crippen LogP contribution in [0.15, 0.2) is 53.4 Å². The summed E-state index contributed by atoms with van der Waals surface area (Å²) in [6.45, 7) is 1.86. The zero-order valence-electron chi connectivity index (χ0n) is 15.6. The van der Waals surface area contributed by atoms with Crippen LogP contribution in [-0.2, 0) is 14.8 Å². The van der Waals surface area contributed by atoms with Gasteiger partial charge in [0.1, 0.15) is 6.04 Å².